The van der Waals surface area contributed by atoms with Gasteiger partial charge in [0.05, 0.1) is 11.5 Å². The van der Waals surface area contributed by atoms with Crippen molar-refractivity contribution in [2.24, 2.45) is 0 Å². The van der Waals surface area contributed by atoms with Crippen LogP contribution in [0.3, 0.4) is 0 Å². The molecule has 2 rings (SSSR count). The monoisotopic (exact) mass is 253 g/mol. The number of hydrogen-bond acceptors (Lipinski definition) is 3. The minimum absolute atomic E-state index is 0.203. The van der Waals surface area contributed by atoms with Crippen molar-refractivity contribution in [3.05, 3.63) is 35.4 Å². The number of sulfone groups is 1. The van der Waals surface area contributed by atoms with E-state index >= 15 is 0 Å². The Balaban J connectivity index is 2.11. The van der Waals surface area contributed by atoms with E-state index in [-0.39, 0.29) is 5.92 Å². The van der Waals surface area contributed by atoms with Gasteiger partial charge in [0.2, 0.25) is 0 Å². The fraction of sp³-hybridized carbons (Fsp3) is 0.538. The quantitative estimate of drug-likeness (QED) is 0.881. The summed E-state index contributed by atoms with van der Waals surface area (Å²) in [5.41, 5.74) is 2.46. The summed E-state index contributed by atoms with van der Waals surface area (Å²) in [4.78, 5) is 0. The summed E-state index contributed by atoms with van der Waals surface area (Å²) >= 11 is 0. The van der Waals surface area contributed by atoms with Gasteiger partial charge in [0.1, 0.15) is 0 Å². The zero-order chi connectivity index (χ0) is 12.3. The summed E-state index contributed by atoms with van der Waals surface area (Å²) < 4.78 is 22.9. The SMILES string of the molecule is CNCCc1cccc(C2CCS(=O)(=O)C2)c1. The standard InChI is InChI=1S/C13H19NO2S/c1-14-7-5-11-3-2-4-12(9-11)13-6-8-17(15,16)10-13/h2-4,9,13-14H,5-8,10H2,1H3. The molecular weight excluding hydrogens is 234 g/mol. The van der Waals surface area contributed by atoms with Crippen molar-refractivity contribution >= 4 is 9.84 Å². The first-order valence-electron chi connectivity index (χ1n) is 6.04. The molecule has 17 heavy (non-hydrogen) atoms. The van der Waals surface area contributed by atoms with Gasteiger partial charge in [-0.2, -0.15) is 0 Å². The predicted molar refractivity (Wildman–Crippen MR) is 70.1 cm³/mol. The molecule has 0 bridgehead atoms. The Morgan fingerprint density at radius 1 is 1.41 bits per heavy atom. The second-order valence-electron chi connectivity index (χ2n) is 4.70. The number of benzene rings is 1. The lowest BCUT2D eigenvalue weighted by atomic mass is 9.96. The molecule has 0 spiro atoms. The van der Waals surface area contributed by atoms with Gasteiger partial charge in [-0.15, -0.1) is 0 Å². The van der Waals surface area contributed by atoms with Crippen molar-refractivity contribution in [3.63, 3.8) is 0 Å². The highest BCUT2D eigenvalue weighted by atomic mass is 32.2. The van der Waals surface area contributed by atoms with Crippen LogP contribution < -0.4 is 5.32 Å². The molecule has 0 radical (unpaired) electrons. The first-order valence-corrected chi connectivity index (χ1v) is 7.87. The van der Waals surface area contributed by atoms with Crippen molar-refractivity contribution in [3.8, 4) is 0 Å². The summed E-state index contributed by atoms with van der Waals surface area (Å²) in [5.74, 6) is 0.871. The maximum absolute atomic E-state index is 11.5. The fourth-order valence-electron chi connectivity index (χ4n) is 2.33. The van der Waals surface area contributed by atoms with Gasteiger partial charge in [-0.25, -0.2) is 8.42 Å². The zero-order valence-corrected chi connectivity index (χ0v) is 11.0. The Kier molecular flexibility index (Phi) is 3.84. The van der Waals surface area contributed by atoms with Crippen molar-refractivity contribution in [1.29, 1.82) is 0 Å². The lowest BCUT2D eigenvalue weighted by Gasteiger charge is -2.10. The number of hydrogen-bond donors (Lipinski definition) is 1. The molecule has 0 aliphatic carbocycles. The van der Waals surface area contributed by atoms with Crippen LogP contribution in [0.2, 0.25) is 0 Å². The first kappa shape index (κ1) is 12.6. The van der Waals surface area contributed by atoms with Gasteiger partial charge in [-0.3, -0.25) is 0 Å². The van der Waals surface area contributed by atoms with E-state index in [1.54, 1.807) is 0 Å². The Bertz CT molecular complexity index is 482. The fourth-order valence-corrected chi connectivity index (χ4v) is 4.11. The molecule has 1 atom stereocenters. The van der Waals surface area contributed by atoms with Crippen LogP contribution in [0.1, 0.15) is 23.5 Å². The van der Waals surface area contributed by atoms with E-state index in [2.05, 4.69) is 17.4 Å². The molecule has 1 fully saturated rings. The zero-order valence-electron chi connectivity index (χ0n) is 10.1. The Morgan fingerprint density at radius 2 is 2.24 bits per heavy atom. The molecule has 0 amide bonds. The van der Waals surface area contributed by atoms with E-state index in [0.29, 0.717) is 11.5 Å². The van der Waals surface area contributed by atoms with Crippen LogP contribution in [0.25, 0.3) is 0 Å². The predicted octanol–water partition coefficient (Wildman–Crippen LogP) is 1.35. The van der Waals surface area contributed by atoms with Crippen LogP contribution in [0.4, 0.5) is 0 Å². The number of rotatable bonds is 4. The third-order valence-corrected chi connectivity index (χ3v) is 5.09. The van der Waals surface area contributed by atoms with Gasteiger partial charge in [-0.1, -0.05) is 24.3 Å². The normalized spacial score (nSPS) is 22.8. The van der Waals surface area contributed by atoms with Gasteiger partial charge >= 0.3 is 0 Å². The van der Waals surface area contributed by atoms with Gasteiger partial charge in [-0.05, 0) is 43.5 Å². The average molecular weight is 253 g/mol. The third-order valence-electron chi connectivity index (χ3n) is 3.32. The largest absolute Gasteiger partial charge is 0.319 e. The summed E-state index contributed by atoms with van der Waals surface area (Å²) in [6.07, 6.45) is 1.77. The highest BCUT2D eigenvalue weighted by molar-refractivity contribution is 7.91. The molecule has 1 aliphatic heterocycles. The highest BCUT2D eigenvalue weighted by Gasteiger charge is 2.28. The van der Waals surface area contributed by atoms with Crippen molar-refractivity contribution in [2.45, 2.75) is 18.8 Å². The van der Waals surface area contributed by atoms with Crippen molar-refractivity contribution in [1.82, 2.24) is 5.32 Å². The van der Waals surface area contributed by atoms with E-state index in [9.17, 15) is 8.42 Å². The first-order chi connectivity index (χ1) is 8.11. The summed E-state index contributed by atoms with van der Waals surface area (Å²) in [6.45, 7) is 0.951. The lowest BCUT2D eigenvalue weighted by molar-refractivity contribution is 0.601. The molecule has 1 saturated heterocycles. The van der Waals surface area contributed by atoms with E-state index in [1.807, 2.05) is 19.2 Å². The number of likely N-dealkylation sites (N-methyl/N-ethyl adjacent to an activating group) is 1. The molecule has 3 nitrogen and oxygen atoms in total. The second kappa shape index (κ2) is 5.19. The maximum atomic E-state index is 11.5. The van der Waals surface area contributed by atoms with Crippen molar-refractivity contribution < 1.29 is 8.42 Å². The van der Waals surface area contributed by atoms with Crippen LogP contribution in [0, 0.1) is 0 Å². The molecule has 0 aromatic heterocycles. The summed E-state index contributed by atoms with van der Waals surface area (Å²) in [6, 6.07) is 8.34. The van der Waals surface area contributed by atoms with E-state index in [4.69, 9.17) is 0 Å². The molecule has 1 aliphatic rings. The lowest BCUT2D eigenvalue weighted by Crippen LogP contribution is -2.10. The smallest absolute Gasteiger partial charge is 0.150 e. The van der Waals surface area contributed by atoms with Crippen LogP contribution in [0.5, 0.6) is 0 Å². The second-order valence-corrected chi connectivity index (χ2v) is 6.93. The van der Waals surface area contributed by atoms with E-state index < -0.39 is 9.84 Å². The molecule has 0 saturated carbocycles. The Morgan fingerprint density at radius 3 is 2.88 bits per heavy atom. The van der Waals surface area contributed by atoms with Crippen LogP contribution in [-0.2, 0) is 16.3 Å². The average Bonchev–Trinajstić information content (AvgIpc) is 2.67. The van der Waals surface area contributed by atoms with Crippen LogP contribution >= 0.6 is 0 Å². The molecule has 1 aromatic carbocycles. The molecule has 1 unspecified atom stereocenters. The molecule has 94 valence electrons. The molecule has 1 heterocycles. The van der Waals surface area contributed by atoms with Gasteiger partial charge in [0.25, 0.3) is 0 Å². The number of nitrogens with one attached hydrogen (secondary N) is 1. The van der Waals surface area contributed by atoms with Gasteiger partial charge in [0, 0.05) is 0 Å². The van der Waals surface area contributed by atoms with E-state index in [1.165, 1.54) is 11.1 Å². The third kappa shape index (κ3) is 3.30. The summed E-state index contributed by atoms with van der Waals surface area (Å²) in [5, 5.41) is 3.12. The van der Waals surface area contributed by atoms with Crippen LogP contribution in [0.15, 0.2) is 24.3 Å². The minimum Gasteiger partial charge on any atom is -0.319 e. The Labute approximate surface area is 103 Å². The van der Waals surface area contributed by atoms with E-state index in [0.717, 1.165) is 19.4 Å². The molecular formula is C13H19NO2S. The highest BCUT2D eigenvalue weighted by Crippen LogP contribution is 2.29. The topological polar surface area (TPSA) is 46.2 Å². The minimum atomic E-state index is -2.79. The van der Waals surface area contributed by atoms with Gasteiger partial charge in [0.15, 0.2) is 9.84 Å². The van der Waals surface area contributed by atoms with Crippen molar-refractivity contribution in [2.75, 3.05) is 25.1 Å². The van der Waals surface area contributed by atoms with Gasteiger partial charge < -0.3 is 5.32 Å². The Hall–Kier alpha value is -0.870. The molecule has 4 heteroatoms. The molecule has 1 N–H and O–H groups in total. The molecule has 1 aromatic rings. The van der Waals surface area contributed by atoms with Crippen LogP contribution in [-0.4, -0.2) is 33.5 Å². The summed E-state index contributed by atoms with van der Waals surface area (Å²) in [7, 11) is -0.848. The maximum Gasteiger partial charge on any atom is 0.150 e.